The predicted molar refractivity (Wildman–Crippen MR) is 117 cm³/mol. The lowest BCUT2D eigenvalue weighted by Crippen LogP contribution is -2.14. The van der Waals surface area contributed by atoms with E-state index in [1.54, 1.807) is 22.9 Å². The molecule has 0 saturated heterocycles. The summed E-state index contributed by atoms with van der Waals surface area (Å²) < 4.78 is 2.77. The van der Waals surface area contributed by atoms with E-state index in [1.165, 1.54) is 23.5 Å². The molecule has 0 saturated carbocycles. The Morgan fingerprint density at radius 2 is 1.93 bits per heavy atom. The van der Waals surface area contributed by atoms with Gasteiger partial charge in [-0.2, -0.15) is 5.10 Å². The van der Waals surface area contributed by atoms with Crippen molar-refractivity contribution in [2.24, 2.45) is 10.1 Å². The molecule has 3 rings (SSSR count). The summed E-state index contributed by atoms with van der Waals surface area (Å²) in [5.41, 5.74) is 3.52. The summed E-state index contributed by atoms with van der Waals surface area (Å²) in [5, 5.41) is 17.6. The van der Waals surface area contributed by atoms with Crippen LogP contribution in [0.1, 0.15) is 12.5 Å². The highest BCUT2D eigenvalue weighted by molar-refractivity contribution is 9.10. The first-order valence-corrected chi connectivity index (χ1v) is 10.0. The minimum atomic E-state index is -0.411. The molecule has 0 bridgehead atoms. The maximum absolute atomic E-state index is 10.9. The molecule has 142 valence electrons. The minimum Gasteiger partial charge on any atom is -0.258 e. The quantitative estimate of drug-likeness (QED) is 0.220. The number of aromatic nitrogens is 1. The van der Waals surface area contributed by atoms with Gasteiger partial charge in [-0.1, -0.05) is 34.1 Å². The van der Waals surface area contributed by atoms with E-state index in [9.17, 15) is 10.1 Å². The average molecular weight is 457 g/mol. The molecule has 0 fully saturated rings. The summed E-state index contributed by atoms with van der Waals surface area (Å²) in [6, 6.07) is 14.3. The monoisotopic (exact) mass is 456 g/mol. The standard InChI is InChI=1S/C20H17BrN4O2S/c1-3-12-22-20-24(23-14(2)15-4-8-17(21)9-5-15)19(13-28-20)16-6-10-18(11-7-16)25(26)27/h3-11,13H,1,12H2,2H3. The first-order chi connectivity index (χ1) is 13.5. The third kappa shape index (κ3) is 4.52. The number of hydrogen-bond acceptors (Lipinski definition) is 5. The van der Waals surface area contributed by atoms with Crippen LogP contribution in [0.3, 0.4) is 0 Å². The van der Waals surface area contributed by atoms with Crippen LogP contribution in [0.15, 0.2) is 81.1 Å². The molecule has 28 heavy (non-hydrogen) atoms. The van der Waals surface area contributed by atoms with E-state index in [1.807, 2.05) is 36.6 Å². The lowest BCUT2D eigenvalue weighted by atomic mass is 10.1. The Hall–Kier alpha value is -2.84. The maximum atomic E-state index is 10.9. The number of nitro groups is 1. The molecule has 8 heteroatoms. The lowest BCUT2D eigenvalue weighted by Gasteiger charge is -2.06. The molecule has 0 aliphatic heterocycles. The number of nitrogens with zero attached hydrogens (tertiary/aromatic N) is 4. The van der Waals surface area contributed by atoms with Gasteiger partial charge < -0.3 is 0 Å². The van der Waals surface area contributed by atoms with Crippen molar-refractivity contribution < 1.29 is 4.92 Å². The Morgan fingerprint density at radius 3 is 2.54 bits per heavy atom. The van der Waals surface area contributed by atoms with Crippen LogP contribution in [0.25, 0.3) is 11.3 Å². The van der Waals surface area contributed by atoms with E-state index >= 15 is 0 Å². The third-order valence-corrected chi connectivity index (χ3v) is 5.31. The Balaban J connectivity index is 2.10. The second-order valence-electron chi connectivity index (χ2n) is 5.84. The normalized spacial score (nSPS) is 12.2. The van der Waals surface area contributed by atoms with E-state index in [-0.39, 0.29) is 5.69 Å². The van der Waals surface area contributed by atoms with Gasteiger partial charge in [0.1, 0.15) is 0 Å². The van der Waals surface area contributed by atoms with Gasteiger partial charge in [0, 0.05) is 27.5 Å². The first kappa shape index (κ1) is 19.9. The zero-order chi connectivity index (χ0) is 20.1. The van der Waals surface area contributed by atoms with Crippen LogP contribution >= 0.6 is 27.3 Å². The largest absolute Gasteiger partial charge is 0.269 e. The highest BCUT2D eigenvalue weighted by Gasteiger charge is 2.11. The van der Waals surface area contributed by atoms with Crippen molar-refractivity contribution >= 4 is 38.7 Å². The second kappa shape index (κ2) is 8.90. The van der Waals surface area contributed by atoms with E-state index in [2.05, 4.69) is 27.5 Å². The molecule has 0 aliphatic carbocycles. The zero-order valence-electron chi connectivity index (χ0n) is 15.1. The summed E-state index contributed by atoms with van der Waals surface area (Å²) in [6.07, 6.45) is 1.72. The van der Waals surface area contributed by atoms with Gasteiger partial charge in [-0.15, -0.1) is 17.9 Å². The van der Waals surface area contributed by atoms with Gasteiger partial charge in [0.2, 0.25) is 4.80 Å². The van der Waals surface area contributed by atoms with Crippen LogP contribution in [0.5, 0.6) is 0 Å². The molecule has 2 aromatic carbocycles. The van der Waals surface area contributed by atoms with Gasteiger partial charge in [0.15, 0.2) is 0 Å². The molecule has 0 radical (unpaired) electrons. The second-order valence-corrected chi connectivity index (χ2v) is 7.59. The van der Waals surface area contributed by atoms with Crippen molar-refractivity contribution in [2.75, 3.05) is 6.54 Å². The Kier molecular flexibility index (Phi) is 6.33. The summed E-state index contributed by atoms with van der Waals surface area (Å²) in [5.74, 6) is 0. The number of halogens is 1. The fourth-order valence-corrected chi connectivity index (χ4v) is 3.60. The van der Waals surface area contributed by atoms with E-state index < -0.39 is 4.92 Å². The molecule has 0 amide bonds. The SMILES string of the molecule is C=CCN=c1scc(-c2ccc([N+](=O)[O-])cc2)n1N=C(C)c1ccc(Br)cc1. The number of rotatable bonds is 6. The zero-order valence-corrected chi connectivity index (χ0v) is 17.5. The number of hydrogen-bond donors (Lipinski definition) is 0. The van der Waals surface area contributed by atoms with Crippen molar-refractivity contribution in [2.45, 2.75) is 6.92 Å². The van der Waals surface area contributed by atoms with E-state index in [0.717, 1.165) is 31.8 Å². The molecule has 1 heterocycles. The van der Waals surface area contributed by atoms with Crippen molar-refractivity contribution in [3.63, 3.8) is 0 Å². The summed E-state index contributed by atoms with van der Waals surface area (Å²) in [6.45, 7) is 6.13. The fourth-order valence-electron chi connectivity index (χ4n) is 2.50. The van der Waals surface area contributed by atoms with Crippen LogP contribution in [-0.2, 0) is 0 Å². The van der Waals surface area contributed by atoms with Gasteiger partial charge in [-0.3, -0.25) is 15.1 Å². The number of nitro benzene ring substituents is 1. The molecular formula is C20H17BrN4O2S. The predicted octanol–water partition coefficient (Wildman–Crippen LogP) is 5.25. The molecule has 0 unspecified atom stereocenters. The summed E-state index contributed by atoms with van der Waals surface area (Å²) in [7, 11) is 0. The van der Waals surface area contributed by atoms with Gasteiger partial charge in [-0.25, -0.2) is 4.68 Å². The smallest absolute Gasteiger partial charge is 0.258 e. The highest BCUT2D eigenvalue weighted by atomic mass is 79.9. The summed E-state index contributed by atoms with van der Waals surface area (Å²) in [4.78, 5) is 15.8. The van der Waals surface area contributed by atoms with Crippen LogP contribution in [0.2, 0.25) is 0 Å². The highest BCUT2D eigenvalue weighted by Crippen LogP contribution is 2.23. The average Bonchev–Trinajstić information content (AvgIpc) is 3.09. The van der Waals surface area contributed by atoms with E-state index in [4.69, 9.17) is 5.10 Å². The van der Waals surface area contributed by atoms with Crippen LogP contribution in [0, 0.1) is 10.1 Å². The molecule has 0 atom stereocenters. The van der Waals surface area contributed by atoms with Crippen LogP contribution in [-0.4, -0.2) is 21.9 Å². The number of benzene rings is 2. The van der Waals surface area contributed by atoms with Crippen molar-refractivity contribution in [1.82, 2.24) is 4.68 Å². The Labute approximate surface area is 174 Å². The Morgan fingerprint density at radius 1 is 1.25 bits per heavy atom. The van der Waals surface area contributed by atoms with Crippen molar-refractivity contribution in [1.29, 1.82) is 0 Å². The molecule has 0 spiro atoms. The van der Waals surface area contributed by atoms with Gasteiger partial charge in [-0.05, 0) is 36.8 Å². The maximum Gasteiger partial charge on any atom is 0.269 e. The fraction of sp³-hybridized carbons (Fsp3) is 0.100. The third-order valence-electron chi connectivity index (χ3n) is 3.93. The minimum absolute atomic E-state index is 0.0524. The van der Waals surface area contributed by atoms with Crippen molar-refractivity contribution in [3.8, 4) is 11.3 Å². The molecule has 0 aliphatic rings. The topological polar surface area (TPSA) is 72.8 Å². The van der Waals surface area contributed by atoms with Crippen molar-refractivity contribution in [3.05, 3.63) is 91.5 Å². The van der Waals surface area contributed by atoms with Gasteiger partial charge >= 0.3 is 0 Å². The number of non-ortho nitro benzene ring substituents is 1. The Bertz CT molecular complexity index is 1100. The van der Waals surface area contributed by atoms with Crippen LogP contribution < -0.4 is 4.80 Å². The molecule has 0 N–H and O–H groups in total. The summed E-state index contributed by atoms with van der Waals surface area (Å²) >= 11 is 4.90. The number of thiazole rings is 1. The molecule has 6 nitrogen and oxygen atoms in total. The van der Waals surface area contributed by atoms with Crippen LogP contribution in [0.4, 0.5) is 5.69 Å². The van der Waals surface area contributed by atoms with Gasteiger partial charge in [0.25, 0.3) is 5.69 Å². The lowest BCUT2D eigenvalue weighted by molar-refractivity contribution is -0.384. The molecule has 1 aromatic heterocycles. The molecule has 3 aromatic rings. The van der Waals surface area contributed by atoms with E-state index in [0.29, 0.717) is 6.54 Å². The molecular weight excluding hydrogens is 440 g/mol. The first-order valence-electron chi connectivity index (χ1n) is 8.38. The van der Waals surface area contributed by atoms with Gasteiger partial charge in [0.05, 0.1) is 22.9 Å².